The van der Waals surface area contributed by atoms with Gasteiger partial charge in [0.25, 0.3) is 0 Å². The van der Waals surface area contributed by atoms with E-state index in [2.05, 4.69) is 25.5 Å². The maximum atomic E-state index is 7.56. The fourth-order valence-electron chi connectivity index (χ4n) is 3.16. The van der Waals surface area contributed by atoms with Crippen molar-refractivity contribution in [2.45, 2.75) is 12.8 Å². The number of anilines is 1. The Morgan fingerprint density at radius 2 is 2.04 bits per heavy atom. The van der Waals surface area contributed by atoms with Crippen molar-refractivity contribution in [3.63, 3.8) is 0 Å². The first-order chi connectivity index (χ1) is 13.6. The van der Waals surface area contributed by atoms with Gasteiger partial charge in [-0.15, -0.1) is 0 Å². The van der Waals surface area contributed by atoms with Crippen molar-refractivity contribution in [1.29, 1.82) is 5.41 Å². The monoisotopic (exact) mass is 378 g/mol. The summed E-state index contributed by atoms with van der Waals surface area (Å²) in [7, 11) is 1.79. The minimum Gasteiger partial charge on any atom is -0.403 e. The molecule has 0 amide bonds. The molecule has 2 aromatic heterocycles. The first-order valence-electron chi connectivity index (χ1n) is 9.20. The molecule has 28 heavy (non-hydrogen) atoms. The summed E-state index contributed by atoms with van der Waals surface area (Å²) in [6, 6.07) is 5.61. The van der Waals surface area contributed by atoms with Gasteiger partial charge in [0.2, 0.25) is 0 Å². The minimum absolute atomic E-state index is 0.467. The number of likely N-dealkylation sites (tertiary alicyclic amines) is 1. The third kappa shape index (κ3) is 4.40. The maximum Gasteiger partial charge on any atom is 0.132 e. The first-order valence-corrected chi connectivity index (χ1v) is 9.20. The zero-order valence-corrected chi connectivity index (χ0v) is 15.9. The summed E-state index contributed by atoms with van der Waals surface area (Å²) in [5, 5.41) is 13.6. The number of rotatable bonds is 7. The highest BCUT2D eigenvalue weighted by molar-refractivity contribution is 6.08. The summed E-state index contributed by atoms with van der Waals surface area (Å²) in [5.74, 6) is 1.09. The molecule has 8 nitrogen and oxygen atoms in total. The van der Waals surface area contributed by atoms with Crippen LogP contribution in [0.5, 0.6) is 0 Å². The second kappa shape index (κ2) is 8.90. The smallest absolute Gasteiger partial charge is 0.132 e. The maximum absolute atomic E-state index is 7.56. The Morgan fingerprint density at radius 3 is 2.71 bits per heavy atom. The van der Waals surface area contributed by atoms with Crippen LogP contribution in [-0.4, -0.2) is 41.2 Å². The highest BCUT2D eigenvalue weighted by Gasteiger charge is 2.13. The van der Waals surface area contributed by atoms with Crippen molar-refractivity contribution in [2.75, 3.05) is 25.5 Å². The van der Waals surface area contributed by atoms with E-state index in [-0.39, 0.29) is 0 Å². The van der Waals surface area contributed by atoms with Gasteiger partial charge in [0.05, 0.1) is 16.7 Å². The second-order valence-electron chi connectivity index (χ2n) is 6.50. The number of hydrogen-bond donors (Lipinski definition) is 5. The highest BCUT2D eigenvalue weighted by atomic mass is 15.2. The van der Waals surface area contributed by atoms with Gasteiger partial charge in [-0.2, -0.15) is 0 Å². The van der Waals surface area contributed by atoms with E-state index >= 15 is 0 Å². The van der Waals surface area contributed by atoms with Crippen LogP contribution >= 0.6 is 0 Å². The lowest BCUT2D eigenvalue weighted by Crippen LogP contribution is -2.20. The SMILES string of the molecule is CN/C=C(\C=N)c1cnc2ccc(N/C(N)=C/C(=C\N)N3CCCC3)nc2c1. The number of allylic oxidation sites excluding steroid dienone is 2. The summed E-state index contributed by atoms with van der Waals surface area (Å²) < 4.78 is 0. The number of pyridine rings is 2. The van der Waals surface area contributed by atoms with Gasteiger partial charge in [-0.3, -0.25) is 4.98 Å². The van der Waals surface area contributed by atoms with Gasteiger partial charge in [-0.05, 0) is 31.0 Å². The van der Waals surface area contributed by atoms with Crippen LogP contribution in [0, 0.1) is 5.41 Å². The summed E-state index contributed by atoms with van der Waals surface area (Å²) in [4.78, 5) is 11.2. The largest absolute Gasteiger partial charge is 0.403 e. The van der Waals surface area contributed by atoms with E-state index in [0.29, 0.717) is 17.2 Å². The van der Waals surface area contributed by atoms with Crippen molar-refractivity contribution < 1.29 is 0 Å². The third-order valence-electron chi connectivity index (χ3n) is 4.54. The van der Waals surface area contributed by atoms with E-state index < -0.39 is 0 Å². The molecule has 146 valence electrons. The molecule has 3 heterocycles. The zero-order chi connectivity index (χ0) is 19.9. The molecule has 0 atom stereocenters. The van der Waals surface area contributed by atoms with Gasteiger partial charge in [0.15, 0.2) is 0 Å². The quantitative estimate of drug-likeness (QED) is 0.368. The van der Waals surface area contributed by atoms with E-state index in [4.69, 9.17) is 16.9 Å². The molecule has 0 spiro atoms. The van der Waals surface area contributed by atoms with Crippen LogP contribution in [0.2, 0.25) is 0 Å². The predicted molar refractivity (Wildman–Crippen MR) is 114 cm³/mol. The topological polar surface area (TPSA) is 129 Å². The van der Waals surface area contributed by atoms with Crippen LogP contribution in [0.4, 0.5) is 5.82 Å². The third-order valence-corrected chi connectivity index (χ3v) is 4.54. The summed E-state index contributed by atoms with van der Waals surface area (Å²) in [5.41, 5.74) is 15.8. The molecule has 0 unspecified atom stereocenters. The lowest BCUT2D eigenvalue weighted by molar-refractivity contribution is 0.438. The number of hydrogen-bond acceptors (Lipinski definition) is 8. The van der Waals surface area contributed by atoms with Crippen molar-refractivity contribution in [3.8, 4) is 0 Å². The van der Waals surface area contributed by atoms with Crippen molar-refractivity contribution >= 4 is 28.6 Å². The standard InChI is InChI=1S/C20H26N8/c1-24-12-15(10-21)14-8-18-17(25-13-14)4-5-20(26-18)27-19(23)9-16(11-22)28-6-2-3-7-28/h4-5,8-13,21,24H,2-3,6-7,22-23H2,1H3,(H,26,27)/b15-12+,16-11+,19-9+,21-10?. The van der Waals surface area contributed by atoms with Crippen LogP contribution < -0.4 is 22.1 Å². The molecular weight excluding hydrogens is 352 g/mol. The number of aromatic nitrogens is 2. The Balaban J connectivity index is 1.83. The molecule has 0 aromatic carbocycles. The van der Waals surface area contributed by atoms with Gasteiger partial charge in [0.1, 0.15) is 11.6 Å². The Kier molecular flexibility index (Phi) is 6.11. The van der Waals surface area contributed by atoms with Gasteiger partial charge in [-0.25, -0.2) is 4.98 Å². The van der Waals surface area contributed by atoms with Crippen LogP contribution in [0.15, 0.2) is 54.4 Å². The van der Waals surface area contributed by atoms with Gasteiger partial charge < -0.3 is 32.4 Å². The van der Waals surface area contributed by atoms with Gasteiger partial charge in [0, 0.05) is 62.2 Å². The fourth-order valence-corrected chi connectivity index (χ4v) is 3.16. The average Bonchev–Trinajstić information content (AvgIpc) is 3.24. The van der Waals surface area contributed by atoms with Crippen LogP contribution in [0.3, 0.4) is 0 Å². The van der Waals surface area contributed by atoms with E-state index in [9.17, 15) is 0 Å². The molecule has 0 saturated carbocycles. The Bertz CT molecular complexity index is 938. The Labute approximate surface area is 164 Å². The summed E-state index contributed by atoms with van der Waals surface area (Å²) in [6.07, 6.45) is 10.5. The summed E-state index contributed by atoms with van der Waals surface area (Å²) in [6.45, 7) is 1.98. The minimum atomic E-state index is 0.467. The molecular formula is C20H26N8. The molecule has 3 rings (SSSR count). The molecule has 8 heteroatoms. The average molecular weight is 378 g/mol. The van der Waals surface area contributed by atoms with Gasteiger partial charge >= 0.3 is 0 Å². The van der Waals surface area contributed by atoms with E-state index in [0.717, 1.165) is 35.4 Å². The molecule has 0 radical (unpaired) electrons. The lowest BCUT2D eigenvalue weighted by atomic mass is 10.1. The molecule has 0 bridgehead atoms. The highest BCUT2D eigenvalue weighted by Crippen LogP contribution is 2.20. The molecule has 1 aliphatic rings. The van der Waals surface area contributed by atoms with Crippen LogP contribution in [0.25, 0.3) is 16.6 Å². The van der Waals surface area contributed by atoms with Crippen LogP contribution in [0.1, 0.15) is 18.4 Å². The van der Waals surface area contributed by atoms with E-state index in [1.54, 1.807) is 25.6 Å². The van der Waals surface area contributed by atoms with E-state index in [1.165, 1.54) is 19.1 Å². The van der Waals surface area contributed by atoms with Crippen molar-refractivity contribution in [2.24, 2.45) is 11.5 Å². The van der Waals surface area contributed by atoms with Crippen molar-refractivity contribution in [1.82, 2.24) is 20.2 Å². The normalized spacial score (nSPS) is 15.8. The molecule has 1 fully saturated rings. The molecule has 2 aromatic rings. The fraction of sp³-hybridized carbons (Fsp3) is 0.250. The number of fused-ring (bicyclic) bond motifs is 1. The number of nitrogens with one attached hydrogen (secondary N) is 3. The molecule has 1 saturated heterocycles. The molecule has 0 aliphatic carbocycles. The Hall–Kier alpha value is -3.55. The molecule has 1 aliphatic heterocycles. The Morgan fingerprint density at radius 1 is 1.25 bits per heavy atom. The van der Waals surface area contributed by atoms with Crippen molar-refractivity contribution in [3.05, 3.63) is 60.0 Å². The lowest BCUT2D eigenvalue weighted by Gasteiger charge is -2.19. The predicted octanol–water partition coefficient (Wildman–Crippen LogP) is 1.95. The van der Waals surface area contributed by atoms with Gasteiger partial charge in [-0.1, -0.05) is 0 Å². The van der Waals surface area contributed by atoms with E-state index in [1.807, 2.05) is 24.3 Å². The summed E-state index contributed by atoms with van der Waals surface area (Å²) >= 11 is 0. The number of nitrogens with two attached hydrogens (primary N) is 2. The number of nitrogens with zero attached hydrogens (tertiary/aromatic N) is 3. The van der Waals surface area contributed by atoms with Crippen LogP contribution in [-0.2, 0) is 0 Å². The second-order valence-corrected chi connectivity index (χ2v) is 6.50. The zero-order valence-electron chi connectivity index (χ0n) is 15.9. The first kappa shape index (κ1) is 19.2. The molecule has 7 N–H and O–H groups in total.